The lowest BCUT2D eigenvalue weighted by Gasteiger charge is -2.30. The Morgan fingerprint density at radius 2 is 1.65 bits per heavy atom. The van der Waals surface area contributed by atoms with Crippen molar-refractivity contribution in [2.45, 2.75) is 46.2 Å². The molecule has 0 rings (SSSR count). The zero-order valence-corrected chi connectivity index (χ0v) is 13.8. The number of nitrogens with one attached hydrogen (secondary N) is 1. The summed E-state index contributed by atoms with van der Waals surface area (Å²) in [6.45, 7) is 9.13. The van der Waals surface area contributed by atoms with E-state index < -0.39 is 16.2 Å². The van der Waals surface area contributed by atoms with Crippen LogP contribution in [0.15, 0.2) is 0 Å². The topological polar surface area (TPSA) is 90.0 Å². The van der Waals surface area contributed by atoms with Crippen molar-refractivity contribution in [2.24, 2.45) is 0 Å². The van der Waals surface area contributed by atoms with E-state index in [2.05, 4.69) is 37.3 Å². The highest BCUT2D eigenvalue weighted by molar-refractivity contribution is 7.87. The van der Waals surface area contributed by atoms with Crippen LogP contribution in [0.1, 0.15) is 34.1 Å². The molecule has 0 radical (unpaired) electrons. The fourth-order valence-electron chi connectivity index (χ4n) is 1.90. The first-order valence-electron chi connectivity index (χ1n) is 6.76. The first-order valence-corrected chi connectivity index (χ1v) is 8.20. The van der Waals surface area contributed by atoms with Crippen molar-refractivity contribution in [3.05, 3.63) is 0 Å². The van der Waals surface area contributed by atoms with Gasteiger partial charge >= 0.3 is 5.97 Å². The molecule has 0 unspecified atom stereocenters. The summed E-state index contributed by atoms with van der Waals surface area (Å²) in [4.78, 5) is 12.6. The maximum atomic E-state index is 11.9. The van der Waals surface area contributed by atoms with Gasteiger partial charge in [0.05, 0.1) is 6.42 Å². The largest absolute Gasteiger partial charge is 0.481 e. The van der Waals surface area contributed by atoms with Crippen LogP contribution in [-0.2, 0) is 15.0 Å². The molecule has 8 heteroatoms. The molecule has 0 saturated heterocycles. The van der Waals surface area contributed by atoms with Gasteiger partial charge in [0.2, 0.25) is 0 Å². The monoisotopic (exact) mass is 309 g/mol. The Morgan fingerprint density at radius 1 is 1.15 bits per heavy atom. The molecule has 0 fully saturated rings. The second kappa shape index (κ2) is 8.56. The Balaban J connectivity index is 4.31. The van der Waals surface area contributed by atoms with E-state index in [1.54, 1.807) is 0 Å². The number of carboxylic acids is 1. The summed E-state index contributed by atoms with van der Waals surface area (Å²) in [5.74, 6) is -1.02. The van der Waals surface area contributed by atoms with Crippen LogP contribution >= 0.6 is 0 Å². The van der Waals surface area contributed by atoms with Crippen LogP contribution in [-0.4, -0.2) is 67.5 Å². The predicted octanol–water partition coefficient (Wildman–Crippen LogP) is 0.346. The van der Waals surface area contributed by atoms with Crippen LogP contribution in [0.25, 0.3) is 0 Å². The number of carbonyl (C=O) groups is 1. The van der Waals surface area contributed by atoms with Crippen LogP contribution in [0.5, 0.6) is 0 Å². The summed E-state index contributed by atoms with van der Waals surface area (Å²) >= 11 is 0. The van der Waals surface area contributed by atoms with Gasteiger partial charge in [0.25, 0.3) is 10.2 Å². The van der Waals surface area contributed by atoms with Crippen molar-refractivity contribution in [2.75, 3.05) is 26.7 Å². The Morgan fingerprint density at radius 3 is 2.05 bits per heavy atom. The van der Waals surface area contributed by atoms with Crippen molar-refractivity contribution in [1.82, 2.24) is 13.9 Å². The molecule has 0 aromatic carbocycles. The van der Waals surface area contributed by atoms with Gasteiger partial charge in [0.1, 0.15) is 0 Å². The first kappa shape index (κ1) is 19.3. The van der Waals surface area contributed by atoms with Gasteiger partial charge in [-0.25, -0.2) is 4.72 Å². The Kier molecular flexibility index (Phi) is 8.26. The smallest absolute Gasteiger partial charge is 0.304 e. The number of aliphatic carboxylic acids is 1. The third kappa shape index (κ3) is 7.18. The molecule has 0 amide bonds. The van der Waals surface area contributed by atoms with Crippen LogP contribution in [0.2, 0.25) is 0 Å². The molecule has 0 saturated carbocycles. The van der Waals surface area contributed by atoms with E-state index in [0.29, 0.717) is 25.2 Å². The van der Waals surface area contributed by atoms with Gasteiger partial charge in [0.15, 0.2) is 0 Å². The fraction of sp³-hybridized carbons (Fsp3) is 0.917. The van der Waals surface area contributed by atoms with Crippen molar-refractivity contribution >= 4 is 16.2 Å². The molecule has 20 heavy (non-hydrogen) atoms. The van der Waals surface area contributed by atoms with Gasteiger partial charge in [-0.05, 0) is 27.7 Å². The van der Waals surface area contributed by atoms with E-state index in [9.17, 15) is 13.2 Å². The van der Waals surface area contributed by atoms with Crippen LogP contribution in [0, 0.1) is 0 Å². The van der Waals surface area contributed by atoms with Crippen LogP contribution in [0.4, 0.5) is 0 Å². The van der Waals surface area contributed by atoms with Gasteiger partial charge < -0.3 is 5.11 Å². The molecular formula is C12H27N3O4S. The lowest BCUT2D eigenvalue weighted by Crippen LogP contribution is -2.45. The summed E-state index contributed by atoms with van der Waals surface area (Å²) < 4.78 is 27.2. The van der Waals surface area contributed by atoms with Crippen LogP contribution in [0.3, 0.4) is 0 Å². The van der Waals surface area contributed by atoms with Gasteiger partial charge in [-0.1, -0.05) is 0 Å². The summed E-state index contributed by atoms with van der Waals surface area (Å²) in [5, 5.41) is 8.55. The van der Waals surface area contributed by atoms with Gasteiger partial charge in [-0.3, -0.25) is 9.69 Å². The maximum Gasteiger partial charge on any atom is 0.304 e. The molecule has 0 heterocycles. The Bertz CT molecular complexity index is 388. The predicted molar refractivity (Wildman–Crippen MR) is 78.8 cm³/mol. The van der Waals surface area contributed by atoms with Crippen LogP contribution < -0.4 is 4.72 Å². The van der Waals surface area contributed by atoms with Crippen molar-refractivity contribution in [3.63, 3.8) is 0 Å². The Hall–Kier alpha value is -0.700. The van der Waals surface area contributed by atoms with E-state index in [1.165, 1.54) is 7.05 Å². The fourth-order valence-corrected chi connectivity index (χ4v) is 2.80. The molecule has 0 aliphatic rings. The highest BCUT2D eigenvalue weighted by Crippen LogP contribution is 2.04. The zero-order chi connectivity index (χ0) is 15.9. The molecule has 7 nitrogen and oxygen atoms in total. The highest BCUT2D eigenvalue weighted by atomic mass is 32.2. The number of hydrogen-bond donors (Lipinski definition) is 2. The zero-order valence-electron chi connectivity index (χ0n) is 13.0. The second-order valence-corrected chi connectivity index (χ2v) is 7.15. The molecule has 120 valence electrons. The van der Waals surface area contributed by atoms with Gasteiger partial charge in [-0.15, -0.1) is 0 Å². The Labute approximate surface area is 122 Å². The number of nitrogens with zero attached hydrogens (tertiary/aromatic N) is 2. The summed E-state index contributed by atoms with van der Waals surface area (Å²) in [7, 11) is -2.24. The van der Waals surface area contributed by atoms with Gasteiger partial charge in [-0.2, -0.15) is 12.7 Å². The van der Waals surface area contributed by atoms with Crippen molar-refractivity contribution in [1.29, 1.82) is 0 Å². The third-order valence-electron chi connectivity index (χ3n) is 3.03. The number of hydrogen-bond acceptors (Lipinski definition) is 4. The molecular weight excluding hydrogens is 282 g/mol. The van der Waals surface area contributed by atoms with Gasteiger partial charge in [0, 0.05) is 38.8 Å². The molecule has 0 atom stereocenters. The maximum absolute atomic E-state index is 11.9. The molecule has 0 aliphatic carbocycles. The summed E-state index contributed by atoms with van der Waals surface area (Å²) in [5.41, 5.74) is 0. The highest BCUT2D eigenvalue weighted by Gasteiger charge is 2.19. The third-order valence-corrected chi connectivity index (χ3v) is 4.60. The summed E-state index contributed by atoms with van der Waals surface area (Å²) in [6, 6.07) is 0.675. The lowest BCUT2D eigenvalue weighted by atomic mass is 10.2. The molecule has 0 aromatic rings. The molecule has 0 aromatic heterocycles. The van der Waals surface area contributed by atoms with E-state index in [0.717, 1.165) is 4.31 Å². The average Bonchev–Trinajstić information content (AvgIpc) is 2.30. The van der Waals surface area contributed by atoms with E-state index >= 15 is 0 Å². The van der Waals surface area contributed by atoms with E-state index in [-0.39, 0.29) is 13.0 Å². The molecule has 0 spiro atoms. The molecule has 0 bridgehead atoms. The first-order chi connectivity index (χ1) is 9.08. The minimum Gasteiger partial charge on any atom is -0.481 e. The minimum absolute atomic E-state index is 0.0389. The summed E-state index contributed by atoms with van der Waals surface area (Å²) in [6.07, 6.45) is -0.207. The quantitative estimate of drug-likeness (QED) is 0.607. The second-order valence-electron chi connectivity index (χ2n) is 5.29. The van der Waals surface area contributed by atoms with E-state index in [1.807, 2.05) is 0 Å². The van der Waals surface area contributed by atoms with Crippen molar-refractivity contribution < 1.29 is 18.3 Å². The van der Waals surface area contributed by atoms with Crippen molar-refractivity contribution in [3.8, 4) is 0 Å². The lowest BCUT2D eigenvalue weighted by molar-refractivity contribution is -0.137. The SMILES string of the molecule is CC(C)N(CCNS(=O)(=O)N(C)CCC(=O)O)C(C)C. The minimum atomic E-state index is -3.61. The average molecular weight is 309 g/mol. The normalized spacial score (nSPS) is 12.8. The standard InChI is InChI=1S/C12H27N3O4S/c1-10(2)15(11(3)4)9-7-13-20(18,19)14(5)8-6-12(16)17/h10-11,13H,6-9H2,1-5H3,(H,16,17). The van der Waals surface area contributed by atoms with E-state index in [4.69, 9.17) is 5.11 Å². The molecule has 2 N–H and O–H groups in total. The number of rotatable bonds is 10. The molecule has 0 aliphatic heterocycles. The number of carboxylic acid groups (broad SMARTS) is 1.